The van der Waals surface area contributed by atoms with Crippen LogP contribution in [0.2, 0.25) is 39.3 Å². The molecule has 0 saturated carbocycles. The Morgan fingerprint density at radius 1 is 0.438 bits per heavy atom. The highest BCUT2D eigenvalue weighted by molar-refractivity contribution is 6.71. The molecule has 2 nitrogen and oxygen atoms in total. The van der Waals surface area contributed by atoms with Crippen LogP contribution in [0, 0.1) is 0 Å². The normalized spacial score (nSPS) is 12.7. The zero-order chi connectivity index (χ0) is 22.7. The molecule has 0 spiro atoms. The quantitative estimate of drug-likeness (QED) is 0.200. The van der Waals surface area contributed by atoms with Crippen LogP contribution in [0.3, 0.4) is 0 Å². The fourth-order valence-electron chi connectivity index (χ4n) is 4.35. The molecule has 0 heterocycles. The van der Waals surface area contributed by atoms with Crippen LogP contribution in [0.15, 0.2) is 72.8 Å². The van der Waals surface area contributed by atoms with Crippen molar-refractivity contribution in [2.24, 2.45) is 0 Å². The zero-order valence-corrected chi connectivity index (χ0v) is 21.7. The van der Waals surface area contributed by atoms with Crippen molar-refractivity contribution in [1.29, 1.82) is 0 Å². The van der Waals surface area contributed by atoms with E-state index in [2.05, 4.69) is 112 Å². The molecule has 5 aromatic rings. The first-order valence-electron chi connectivity index (χ1n) is 11.3. The Hall–Kier alpha value is -2.83. The van der Waals surface area contributed by atoms with Gasteiger partial charge in [-0.05, 0) is 85.1 Å². The highest BCUT2D eigenvalue weighted by Gasteiger charge is 2.26. The summed E-state index contributed by atoms with van der Waals surface area (Å²) in [6.45, 7) is 13.5. The van der Waals surface area contributed by atoms with Crippen molar-refractivity contribution in [2.45, 2.75) is 39.3 Å². The number of rotatable bonds is 4. The molecule has 0 aromatic heterocycles. The Bertz CT molecular complexity index is 1280. The van der Waals surface area contributed by atoms with E-state index in [-0.39, 0.29) is 0 Å². The monoisotopic (exact) mass is 454 g/mol. The summed E-state index contributed by atoms with van der Waals surface area (Å²) in [7, 11) is -3.73. The lowest BCUT2D eigenvalue weighted by molar-refractivity contribution is 0.561. The first-order valence-corrected chi connectivity index (χ1v) is 18.1. The van der Waals surface area contributed by atoms with Crippen LogP contribution in [0.5, 0.6) is 11.5 Å². The molecule has 0 radical (unpaired) electrons. The van der Waals surface area contributed by atoms with Crippen molar-refractivity contribution < 1.29 is 8.85 Å². The van der Waals surface area contributed by atoms with E-state index in [1.165, 1.54) is 21.5 Å². The van der Waals surface area contributed by atoms with Crippen molar-refractivity contribution in [3.8, 4) is 11.5 Å². The third kappa shape index (κ3) is 3.89. The average Bonchev–Trinajstić information content (AvgIpc) is 2.72. The lowest BCUT2D eigenvalue weighted by Crippen LogP contribution is -2.30. The van der Waals surface area contributed by atoms with E-state index in [0.29, 0.717) is 0 Å². The lowest BCUT2D eigenvalue weighted by Gasteiger charge is -2.27. The largest absolute Gasteiger partial charge is 0.543 e. The van der Waals surface area contributed by atoms with Crippen LogP contribution in [0.25, 0.3) is 43.1 Å². The predicted molar refractivity (Wildman–Crippen MR) is 144 cm³/mol. The highest BCUT2D eigenvalue weighted by Crippen LogP contribution is 2.47. The Balaban J connectivity index is 2.02. The molecular formula is C28H30O2Si2. The molecule has 0 bridgehead atoms. The van der Waals surface area contributed by atoms with Crippen molar-refractivity contribution >= 4 is 59.7 Å². The minimum absolute atomic E-state index is 0.994. The van der Waals surface area contributed by atoms with E-state index in [1.807, 2.05) is 0 Å². The molecule has 0 amide bonds. The second-order valence-electron chi connectivity index (χ2n) is 10.6. The van der Waals surface area contributed by atoms with Gasteiger partial charge in [0.25, 0.3) is 0 Å². The fraction of sp³-hybridized carbons (Fsp3) is 0.214. The van der Waals surface area contributed by atoms with Gasteiger partial charge in [0.1, 0.15) is 11.5 Å². The molecule has 0 aliphatic heterocycles. The van der Waals surface area contributed by atoms with Crippen LogP contribution in [0.4, 0.5) is 0 Å². The minimum atomic E-state index is -1.86. The van der Waals surface area contributed by atoms with Crippen molar-refractivity contribution in [3.63, 3.8) is 0 Å². The summed E-state index contributed by atoms with van der Waals surface area (Å²) in [4.78, 5) is 0. The van der Waals surface area contributed by atoms with E-state index in [9.17, 15) is 0 Å². The van der Waals surface area contributed by atoms with Gasteiger partial charge in [0.15, 0.2) is 0 Å². The summed E-state index contributed by atoms with van der Waals surface area (Å²) in [5.74, 6) is 1.99. The van der Waals surface area contributed by atoms with Gasteiger partial charge in [-0.15, -0.1) is 0 Å². The number of hydrogen-bond acceptors (Lipinski definition) is 2. The molecule has 0 fully saturated rings. The summed E-state index contributed by atoms with van der Waals surface area (Å²) in [6.07, 6.45) is 0. The van der Waals surface area contributed by atoms with Gasteiger partial charge >= 0.3 is 0 Å². The van der Waals surface area contributed by atoms with Gasteiger partial charge in [0, 0.05) is 21.5 Å². The van der Waals surface area contributed by atoms with Crippen LogP contribution in [-0.2, 0) is 0 Å². The SMILES string of the molecule is C[Si](C)(C)Oc1c2cc3ccccc3cc2c(O[Si](C)(C)C)c2cc3ccccc3cc12. The molecule has 0 saturated heterocycles. The maximum absolute atomic E-state index is 6.81. The van der Waals surface area contributed by atoms with Crippen molar-refractivity contribution in [1.82, 2.24) is 0 Å². The maximum Gasteiger partial charge on any atom is 0.242 e. The van der Waals surface area contributed by atoms with Gasteiger partial charge in [-0.3, -0.25) is 0 Å². The summed E-state index contributed by atoms with van der Waals surface area (Å²) in [5, 5.41) is 9.45. The molecule has 0 unspecified atom stereocenters. The van der Waals surface area contributed by atoms with Gasteiger partial charge in [0.2, 0.25) is 16.6 Å². The Morgan fingerprint density at radius 3 is 0.906 bits per heavy atom. The van der Waals surface area contributed by atoms with Crippen molar-refractivity contribution in [2.75, 3.05) is 0 Å². The predicted octanol–water partition coefficient (Wildman–Crippen LogP) is 8.73. The topological polar surface area (TPSA) is 18.5 Å². The molecule has 5 rings (SSSR count). The van der Waals surface area contributed by atoms with Gasteiger partial charge < -0.3 is 8.85 Å². The third-order valence-electron chi connectivity index (χ3n) is 5.57. The Kier molecular flexibility index (Phi) is 4.84. The maximum atomic E-state index is 6.81. The minimum Gasteiger partial charge on any atom is -0.543 e. The van der Waals surface area contributed by atoms with E-state index in [4.69, 9.17) is 8.85 Å². The van der Waals surface area contributed by atoms with Gasteiger partial charge in [0.05, 0.1) is 0 Å². The Labute approximate surface area is 192 Å². The summed E-state index contributed by atoms with van der Waals surface area (Å²) in [5.41, 5.74) is 0. The van der Waals surface area contributed by atoms with Gasteiger partial charge in [-0.25, -0.2) is 0 Å². The summed E-state index contributed by atoms with van der Waals surface area (Å²) < 4.78 is 13.6. The average molecular weight is 455 g/mol. The second kappa shape index (κ2) is 7.36. The lowest BCUT2D eigenvalue weighted by atomic mass is 9.95. The van der Waals surface area contributed by atoms with Crippen LogP contribution in [0.1, 0.15) is 0 Å². The Morgan fingerprint density at radius 2 is 0.688 bits per heavy atom. The molecule has 5 aromatic carbocycles. The van der Waals surface area contributed by atoms with E-state index >= 15 is 0 Å². The van der Waals surface area contributed by atoms with E-state index in [1.54, 1.807) is 0 Å². The first kappa shape index (κ1) is 21.0. The fourth-order valence-corrected chi connectivity index (χ4v) is 6.02. The third-order valence-corrected chi connectivity index (χ3v) is 7.20. The standard InChI is InChI=1S/C28H30O2Si2/c1-31(2,3)29-27-23-15-19-11-7-9-13-21(19)17-25(23)28(30-32(4,5)6)26-18-22-14-10-8-12-20(22)16-24(26)27/h7-18H,1-6H3. The molecule has 162 valence electrons. The molecular weight excluding hydrogens is 424 g/mol. The molecule has 32 heavy (non-hydrogen) atoms. The van der Waals surface area contributed by atoms with E-state index < -0.39 is 16.6 Å². The summed E-state index contributed by atoms with van der Waals surface area (Å²) >= 11 is 0. The van der Waals surface area contributed by atoms with E-state index in [0.717, 1.165) is 33.0 Å². The highest BCUT2D eigenvalue weighted by atomic mass is 28.4. The van der Waals surface area contributed by atoms with Crippen LogP contribution in [-0.4, -0.2) is 16.6 Å². The van der Waals surface area contributed by atoms with Crippen LogP contribution < -0.4 is 8.85 Å². The molecule has 0 aliphatic rings. The number of hydrogen-bond donors (Lipinski definition) is 0. The summed E-state index contributed by atoms with van der Waals surface area (Å²) in [6, 6.07) is 26.2. The molecule has 0 atom stereocenters. The number of benzene rings is 5. The molecule has 0 aliphatic carbocycles. The molecule has 4 heteroatoms. The van der Waals surface area contributed by atoms with Crippen molar-refractivity contribution in [3.05, 3.63) is 72.8 Å². The van der Waals surface area contributed by atoms with Gasteiger partial charge in [-0.1, -0.05) is 48.5 Å². The number of fused-ring (bicyclic) bond motifs is 4. The van der Waals surface area contributed by atoms with Crippen LogP contribution >= 0.6 is 0 Å². The smallest absolute Gasteiger partial charge is 0.242 e. The first-order chi connectivity index (χ1) is 15.1. The van der Waals surface area contributed by atoms with Gasteiger partial charge in [-0.2, -0.15) is 0 Å². The zero-order valence-electron chi connectivity index (χ0n) is 19.7. The molecule has 0 N–H and O–H groups in total. The second-order valence-corrected chi connectivity index (χ2v) is 19.4.